The lowest BCUT2D eigenvalue weighted by Gasteiger charge is -2.35. The summed E-state index contributed by atoms with van der Waals surface area (Å²) in [6.45, 7) is 4.80. The van der Waals surface area contributed by atoms with Crippen LogP contribution in [0.3, 0.4) is 0 Å². The molecule has 82 valence electrons. The van der Waals surface area contributed by atoms with Crippen molar-refractivity contribution < 1.29 is 4.74 Å². The monoisotopic (exact) mass is 225 g/mol. The van der Waals surface area contributed by atoms with Crippen LogP contribution in [0.25, 0.3) is 0 Å². The van der Waals surface area contributed by atoms with Crippen LogP contribution in [-0.4, -0.2) is 6.61 Å². The Kier molecular flexibility index (Phi) is 2.65. The van der Waals surface area contributed by atoms with Gasteiger partial charge in [-0.15, -0.1) is 0 Å². The first-order chi connectivity index (χ1) is 7.07. The standard InChI is InChI=1S/C12H16ClNO/c1-3-12(14)4-5-15-11-8(2)6-9(13)7-10(11)12/h6-7H,3-5,14H2,1-2H3. The summed E-state index contributed by atoms with van der Waals surface area (Å²) in [4.78, 5) is 0. The zero-order chi connectivity index (χ0) is 11.1. The molecule has 1 unspecified atom stereocenters. The molecule has 3 heteroatoms. The second-order valence-electron chi connectivity index (χ2n) is 4.21. The highest BCUT2D eigenvalue weighted by atomic mass is 35.5. The maximum absolute atomic E-state index is 6.37. The summed E-state index contributed by atoms with van der Waals surface area (Å²) in [5.74, 6) is 0.926. The molecule has 0 bridgehead atoms. The van der Waals surface area contributed by atoms with Gasteiger partial charge in [0.2, 0.25) is 0 Å². The highest BCUT2D eigenvalue weighted by Crippen LogP contribution is 2.40. The molecule has 2 rings (SSSR count). The zero-order valence-corrected chi connectivity index (χ0v) is 9.90. The molecular formula is C12H16ClNO. The van der Waals surface area contributed by atoms with E-state index in [-0.39, 0.29) is 5.54 Å². The Labute approximate surface area is 95.4 Å². The van der Waals surface area contributed by atoms with E-state index in [0.717, 1.165) is 34.7 Å². The molecule has 15 heavy (non-hydrogen) atoms. The van der Waals surface area contributed by atoms with E-state index in [0.29, 0.717) is 6.61 Å². The highest BCUT2D eigenvalue weighted by molar-refractivity contribution is 6.30. The van der Waals surface area contributed by atoms with E-state index in [1.54, 1.807) is 0 Å². The smallest absolute Gasteiger partial charge is 0.127 e. The summed E-state index contributed by atoms with van der Waals surface area (Å²) in [6.07, 6.45) is 1.76. The van der Waals surface area contributed by atoms with Gasteiger partial charge in [-0.05, 0) is 31.0 Å². The lowest BCUT2D eigenvalue weighted by molar-refractivity contribution is 0.211. The summed E-state index contributed by atoms with van der Waals surface area (Å²) in [5, 5.41) is 0.736. The fraction of sp³-hybridized carbons (Fsp3) is 0.500. The fourth-order valence-corrected chi connectivity index (χ4v) is 2.40. The average molecular weight is 226 g/mol. The van der Waals surface area contributed by atoms with E-state index in [1.807, 2.05) is 19.1 Å². The van der Waals surface area contributed by atoms with E-state index in [4.69, 9.17) is 22.1 Å². The van der Waals surface area contributed by atoms with E-state index in [9.17, 15) is 0 Å². The van der Waals surface area contributed by atoms with Gasteiger partial charge in [0, 0.05) is 22.5 Å². The number of fused-ring (bicyclic) bond motifs is 1. The van der Waals surface area contributed by atoms with Crippen molar-refractivity contribution in [2.75, 3.05) is 6.61 Å². The van der Waals surface area contributed by atoms with Crippen molar-refractivity contribution in [3.63, 3.8) is 0 Å². The third-order valence-corrected chi connectivity index (χ3v) is 3.42. The van der Waals surface area contributed by atoms with Crippen LogP contribution in [-0.2, 0) is 5.54 Å². The molecule has 0 fully saturated rings. The summed E-state index contributed by atoms with van der Waals surface area (Å²) in [6, 6.07) is 3.86. The van der Waals surface area contributed by atoms with Crippen molar-refractivity contribution in [3.8, 4) is 5.75 Å². The first-order valence-electron chi connectivity index (χ1n) is 5.29. The lowest BCUT2D eigenvalue weighted by atomic mass is 9.82. The Morgan fingerprint density at radius 1 is 1.53 bits per heavy atom. The molecule has 0 aliphatic carbocycles. The summed E-state index contributed by atoms with van der Waals surface area (Å²) < 4.78 is 5.67. The Hall–Kier alpha value is -0.730. The van der Waals surface area contributed by atoms with E-state index in [1.165, 1.54) is 0 Å². The molecule has 0 saturated heterocycles. The van der Waals surface area contributed by atoms with Crippen LogP contribution >= 0.6 is 11.6 Å². The van der Waals surface area contributed by atoms with Crippen LogP contribution in [0.2, 0.25) is 5.02 Å². The van der Waals surface area contributed by atoms with Gasteiger partial charge in [0.25, 0.3) is 0 Å². The molecule has 0 radical (unpaired) electrons. The molecule has 2 nitrogen and oxygen atoms in total. The van der Waals surface area contributed by atoms with Gasteiger partial charge in [0.05, 0.1) is 6.61 Å². The van der Waals surface area contributed by atoms with E-state index >= 15 is 0 Å². The Bertz CT molecular complexity index is 391. The van der Waals surface area contributed by atoms with Crippen LogP contribution in [0, 0.1) is 6.92 Å². The number of benzene rings is 1. The van der Waals surface area contributed by atoms with Gasteiger partial charge in [0.15, 0.2) is 0 Å². The SMILES string of the molecule is CCC1(N)CCOc2c(C)cc(Cl)cc21. The highest BCUT2D eigenvalue weighted by Gasteiger charge is 2.33. The van der Waals surface area contributed by atoms with Gasteiger partial charge in [0.1, 0.15) is 5.75 Å². The van der Waals surface area contributed by atoms with Crippen LogP contribution in [0.1, 0.15) is 30.9 Å². The van der Waals surface area contributed by atoms with Gasteiger partial charge < -0.3 is 10.5 Å². The molecule has 1 aliphatic rings. The number of nitrogens with two attached hydrogens (primary N) is 1. The van der Waals surface area contributed by atoms with Crippen LogP contribution in [0.4, 0.5) is 0 Å². The first-order valence-corrected chi connectivity index (χ1v) is 5.67. The Balaban J connectivity index is 2.60. The predicted octanol–water partition coefficient (Wildman–Crippen LogP) is 2.99. The van der Waals surface area contributed by atoms with Gasteiger partial charge in [-0.1, -0.05) is 18.5 Å². The summed E-state index contributed by atoms with van der Waals surface area (Å²) >= 11 is 6.06. The van der Waals surface area contributed by atoms with Crippen molar-refractivity contribution in [1.29, 1.82) is 0 Å². The molecule has 0 amide bonds. The number of halogens is 1. The third-order valence-electron chi connectivity index (χ3n) is 3.20. The van der Waals surface area contributed by atoms with E-state index in [2.05, 4.69) is 6.92 Å². The van der Waals surface area contributed by atoms with Gasteiger partial charge in [-0.25, -0.2) is 0 Å². The van der Waals surface area contributed by atoms with Crippen molar-refractivity contribution in [2.45, 2.75) is 32.2 Å². The molecule has 0 spiro atoms. The topological polar surface area (TPSA) is 35.2 Å². The van der Waals surface area contributed by atoms with Gasteiger partial charge in [-0.2, -0.15) is 0 Å². The number of hydrogen-bond donors (Lipinski definition) is 1. The largest absolute Gasteiger partial charge is 0.493 e. The molecule has 1 atom stereocenters. The number of hydrogen-bond acceptors (Lipinski definition) is 2. The number of aryl methyl sites for hydroxylation is 1. The normalized spacial score (nSPS) is 24.5. The fourth-order valence-electron chi connectivity index (χ4n) is 2.13. The molecule has 0 aromatic heterocycles. The van der Waals surface area contributed by atoms with Crippen LogP contribution in [0.15, 0.2) is 12.1 Å². The van der Waals surface area contributed by atoms with Gasteiger partial charge >= 0.3 is 0 Å². The maximum atomic E-state index is 6.37. The second-order valence-corrected chi connectivity index (χ2v) is 4.64. The van der Waals surface area contributed by atoms with Crippen LogP contribution < -0.4 is 10.5 Å². The van der Waals surface area contributed by atoms with Crippen molar-refractivity contribution in [3.05, 3.63) is 28.3 Å². The van der Waals surface area contributed by atoms with Crippen LogP contribution in [0.5, 0.6) is 5.75 Å². The molecule has 0 saturated carbocycles. The molecule has 2 N–H and O–H groups in total. The lowest BCUT2D eigenvalue weighted by Crippen LogP contribution is -2.41. The second kappa shape index (κ2) is 3.69. The third kappa shape index (κ3) is 1.72. The van der Waals surface area contributed by atoms with Crippen molar-refractivity contribution in [1.82, 2.24) is 0 Å². The Morgan fingerprint density at radius 3 is 2.93 bits per heavy atom. The number of ether oxygens (including phenoxy) is 1. The quantitative estimate of drug-likeness (QED) is 0.798. The average Bonchev–Trinajstić information content (AvgIpc) is 2.20. The molecular weight excluding hydrogens is 210 g/mol. The molecule has 1 aromatic rings. The first kappa shape index (κ1) is 10.8. The maximum Gasteiger partial charge on any atom is 0.127 e. The Morgan fingerprint density at radius 2 is 2.27 bits per heavy atom. The molecule has 1 aromatic carbocycles. The minimum absolute atomic E-state index is 0.275. The van der Waals surface area contributed by atoms with E-state index < -0.39 is 0 Å². The van der Waals surface area contributed by atoms with Crippen molar-refractivity contribution >= 4 is 11.6 Å². The summed E-state index contributed by atoms with van der Waals surface area (Å²) in [7, 11) is 0. The minimum Gasteiger partial charge on any atom is -0.493 e. The zero-order valence-electron chi connectivity index (χ0n) is 9.14. The van der Waals surface area contributed by atoms with Gasteiger partial charge in [-0.3, -0.25) is 0 Å². The minimum atomic E-state index is -0.275. The molecule has 1 aliphatic heterocycles. The number of rotatable bonds is 1. The van der Waals surface area contributed by atoms with Crippen molar-refractivity contribution in [2.24, 2.45) is 5.73 Å². The molecule has 1 heterocycles. The predicted molar refractivity (Wildman–Crippen MR) is 62.5 cm³/mol. The summed E-state index contributed by atoms with van der Waals surface area (Å²) in [5.41, 5.74) is 8.22.